The third-order valence-corrected chi connectivity index (χ3v) is 5.64. The number of rotatable bonds is 3. The van der Waals surface area contributed by atoms with Crippen LogP contribution in [0.5, 0.6) is 0 Å². The van der Waals surface area contributed by atoms with Crippen LogP contribution in [0.4, 0.5) is 5.82 Å². The monoisotopic (exact) mass is 428 g/mol. The average molecular weight is 428 g/mol. The van der Waals surface area contributed by atoms with Crippen LogP contribution in [0, 0.1) is 5.41 Å². The zero-order chi connectivity index (χ0) is 22.6. The lowest BCUT2D eigenvalue weighted by Crippen LogP contribution is -2.62. The topological polar surface area (TPSA) is 126 Å². The second kappa shape index (κ2) is 7.14. The molecule has 3 saturated heterocycles. The molecule has 0 aliphatic carbocycles. The van der Waals surface area contributed by atoms with E-state index in [0.717, 1.165) is 4.90 Å². The minimum absolute atomic E-state index is 0.00577. The van der Waals surface area contributed by atoms with Crippen LogP contribution in [0.3, 0.4) is 0 Å². The molecule has 0 radical (unpaired) electrons. The summed E-state index contributed by atoms with van der Waals surface area (Å²) in [6, 6.07) is 2.21. The SMILES string of the molecule is CC(C)(C)OC(=O)c1ccnc(N2CC3(CC(=O)N(C4CCC(=O)NC4=O)C3=O)C2)c1. The van der Waals surface area contributed by atoms with Crippen LogP contribution < -0.4 is 10.2 Å². The van der Waals surface area contributed by atoms with Crippen LogP contribution in [0.1, 0.15) is 50.4 Å². The van der Waals surface area contributed by atoms with Crippen LogP contribution in [-0.4, -0.2) is 64.2 Å². The highest BCUT2D eigenvalue weighted by Gasteiger charge is 2.61. The van der Waals surface area contributed by atoms with Crippen molar-refractivity contribution in [1.29, 1.82) is 0 Å². The van der Waals surface area contributed by atoms with Gasteiger partial charge < -0.3 is 9.64 Å². The predicted octanol–water partition coefficient (Wildman–Crippen LogP) is 0.407. The molecule has 10 nitrogen and oxygen atoms in total. The van der Waals surface area contributed by atoms with Crippen LogP contribution in [0.25, 0.3) is 0 Å². The fourth-order valence-electron chi connectivity index (χ4n) is 4.21. The molecule has 1 N–H and O–H groups in total. The molecular weight excluding hydrogens is 404 g/mol. The summed E-state index contributed by atoms with van der Waals surface area (Å²) in [4.78, 5) is 68.6. The van der Waals surface area contributed by atoms with Gasteiger partial charge in [-0.2, -0.15) is 0 Å². The van der Waals surface area contributed by atoms with Gasteiger partial charge in [-0.3, -0.25) is 29.4 Å². The number of nitrogens with zero attached hydrogens (tertiary/aromatic N) is 3. The number of hydrogen-bond acceptors (Lipinski definition) is 8. The van der Waals surface area contributed by atoms with Crippen molar-refractivity contribution in [2.24, 2.45) is 5.41 Å². The average Bonchev–Trinajstić information content (AvgIpc) is 2.90. The van der Waals surface area contributed by atoms with Crippen molar-refractivity contribution in [1.82, 2.24) is 15.2 Å². The largest absolute Gasteiger partial charge is 0.456 e. The van der Waals surface area contributed by atoms with E-state index in [9.17, 15) is 24.0 Å². The van der Waals surface area contributed by atoms with Crippen molar-refractivity contribution in [2.45, 2.75) is 51.7 Å². The maximum atomic E-state index is 13.1. The molecule has 1 aromatic rings. The number of anilines is 1. The molecule has 1 atom stereocenters. The first-order valence-electron chi connectivity index (χ1n) is 10.1. The lowest BCUT2D eigenvalue weighted by molar-refractivity contribution is -0.152. The minimum Gasteiger partial charge on any atom is -0.456 e. The van der Waals surface area contributed by atoms with E-state index in [-0.39, 0.29) is 32.4 Å². The van der Waals surface area contributed by atoms with E-state index in [1.54, 1.807) is 32.9 Å². The Hall–Kier alpha value is -3.30. The summed E-state index contributed by atoms with van der Waals surface area (Å²) in [5.74, 6) is -1.78. The summed E-state index contributed by atoms with van der Waals surface area (Å²) in [6.45, 7) is 5.85. The number of carbonyl (C=O) groups excluding carboxylic acids is 5. The van der Waals surface area contributed by atoms with Gasteiger partial charge in [0.05, 0.1) is 11.0 Å². The van der Waals surface area contributed by atoms with Crippen molar-refractivity contribution >= 4 is 35.4 Å². The molecule has 3 aliphatic heterocycles. The van der Waals surface area contributed by atoms with E-state index in [1.165, 1.54) is 6.20 Å². The molecule has 31 heavy (non-hydrogen) atoms. The number of pyridine rings is 1. The maximum absolute atomic E-state index is 13.1. The predicted molar refractivity (Wildman–Crippen MR) is 107 cm³/mol. The number of ether oxygens (including phenoxy) is 1. The Morgan fingerprint density at radius 3 is 2.58 bits per heavy atom. The first-order valence-corrected chi connectivity index (χ1v) is 10.1. The Balaban J connectivity index is 1.46. The zero-order valence-electron chi connectivity index (χ0n) is 17.6. The number of hydrogen-bond donors (Lipinski definition) is 1. The lowest BCUT2D eigenvalue weighted by Gasteiger charge is -2.46. The molecule has 10 heteroatoms. The highest BCUT2D eigenvalue weighted by Crippen LogP contribution is 2.44. The number of nitrogens with one attached hydrogen (secondary N) is 1. The third-order valence-electron chi connectivity index (χ3n) is 5.64. The Labute approximate surface area is 178 Å². The Morgan fingerprint density at radius 1 is 1.23 bits per heavy atom. The van der Waals surface area contributed by atoms with Crippen LogP contribution >= 0.6 is 0 Å². The normalized spacial score (nSPS) is 23.1. The molecule has 3 aliphatic rings. The summed E-state index contributed by atoms with van der Waals surface area (Å²) in [5.41, 5.74) is -1.19. The third kappa shape index (κ3) is 3.77. The van der Waals surface area contributed by atoms with E-state index in [0.29, 0.717) is 11.4 Å². The van der Waals surface area contributed by atoms with E-state index in [4.69, 9.17) is 4.74 Å². The van der Waals surface area contributed by atoms with E-state index in [2.05, 4.69) is 10.3 Å². The van der Waals surface area contributed by atoms with Gasteiger partial charge in [-0.15, -0.1) is 0 Å². The summed E-state index contributed by atoms with van der Waals surface area (Å²) >= 11 is 0. The lowest BCUT2D eigenvalue weighted by atomic mass is 9.78. The fraction of sp³-hybridized carbons (Fsp3) is 0.524. The highest BCUT2D eigenvalue weighted by atomic mass is 16.6. The molecule has 0 aromatic carbocycles. The van der Waals surface area contributed by atoms with Gasteiger partial charge in [0.15, 0.2) is 0 Å². The fourth-order valence-corrected chi connectivity index (χ4v) is 4.21. The maximum Gasteiger partial charge on any atom is 0.338 e. The quantitative estimate of drug-likeness (QED) is 0.542. The molecule has 4 heterocycles. The second-order valence-electron chi connectivity index (χ2n) is 9.25. The smallest absolute Gasteiger partial charge is 0.338 e. The molecule has 0 saturated carbocycles. The van der Waals surface area contributed by atoms with Gasteiger partial charge in [-0.05, 0) is 39.3 Å². The van der Waals surface area contributed by atoms with E-state index >= 15 is 0 Å². The summed E-state index contributed by atoms with van der Waals surface area (Å²) in [6.07, 6.45) is 1.73. The number of likely N-dealkylation sites (tertiary alicyclic amines) is 1. The zero-order valence-corrected chi connectivity index (χ0v) is 17.6. The van der Waals surface area contributed by atoms with E-state index < -0.39 is 46.7 Å². The van der Waals surface area contributed by atoms with Crippen molar-refractivity contribution in [3.8, 4) is 0 Å². The standard InChI is InChI=1S/C21H24N4O6/c1-20(2,3)31-18(29)12-6-7-22-14(8-12)24-10-21(11-24)9-16(27)25(19(21)30)13-4-5-15(26)23-17(13)28/h6-8,13H,4-5,9-11H2,1-3H3,(H,23,26,28). The van der Waals surface area contributed by atoms with Gasteiger partial charge in [0.25, 0.3) is 0 Å². The molecule has 4 amide bonds. The molecular formula is C21H24N4O6. The van der Waals surface area contributed by atoms with Gasteiger partial charge in [0.2, 0.25) is 23.6 Å². The van der Waals surface area contributed by atoms with Crippen molar-refractivity contribution in [2.75, 3.05) is 18.0 Å². The van der Waals surface area contributed by atoms with Gasteiger partial charge in [0, 0.05) is 32.1 Å². The molecule has 1 spiro atoms. The summed E-state index contributed by atoms with van der Waals surface area (Å²) in [5, 5.41) is 2.19. The van der Waals surface area contributed by atoms with Gasteiger partial charge in [0.1, 0.15) is 17.5 Å². The number of carbonyl (C=O) groups is 5. The molecule has 1 unspecified atom stereocenters. The number of piperidine rings is 1. The van der Waals surface area contributed by atoms with Gasteiger partial charge in [-0.25, -0.2) is 9.78 Å². The summed E-state index contributed by atoms with van der Waals surface area (Å²) < 4.78 is 5.38. The highest BCUT2D eigenvalue weighted by molar-refractivity contribution is 6.12. The molecule has 0 bridgehead atoms. The number of imide groups is 2. The van der Waals surface area contributed by atoms with Gasteiger partial charge in [-0.1, -0.05) is 0 Å². The van der Waals surface area contributed by atoms with Crippen molar-refractivity contribution < 1.29 is 28.7 Å². The van der Waals surface area contributed by atoms with Crippen LogP contribution in [-0.2, 0) is 23.9 Å². The number of esters is 1. The first kappa shape index (κ1) is 21.0. The molecule has 1 aromatic heterocycles. The number of aromatic nitrogens is 1. The van der Waals surface area contributed by atoms with E-state index in [1.807, 2.05) is 4.90 Å². The minimum atomic E-state index is -0.945. The first-order chi connectivity index (χ1) is 14.5. The van der Waals surface area contributed by atoms with Crippen molar-refractivity contribution in [3.05, 3.63) is 23.9 Å². The molecule has 4 rings (SSSR count). The molecule has 164 valence electrons. The number of amides is 4. The Kier molecular flexibility index (Phi) is 4.83. The van der Waals surface area contributed by atoms with Crippen LogP contribution in [0.15, 0.2) is 18.3 Å². The summed E-state index contributed by atoms with van der Waals surface area (Å²) in [7, 11) is 0. The molecule has 3 fully saturated rings. The van der Waals surface area contributed by atoms with Crippen molar-refractivity contribution in [3.63, 3.8) is 0 Å². The van der Waals surface area contributed by atoms with Gasteiger partial charge >= 0.3 is 5.97 Å². The second-order valence-corrected chi connectivity index (χ2v) is 9.25. The Bertz CT molecular complexity index is 992. The van der Waals surface area contributed by atoms with Crippen LogP contribution in [0.2, 0.25) is 0 Å². The Morgan fingerprint density at radius 2 is 1.94 bits per heavy atom.